The number of carbonyl (C=O) groups excluding carboxylic acids is 1. The van der Waals surface area contributed by atoms with Crippen molar-refractivity contribution in [3.05, 3.63) is 59.7 Å². The van der Waals surface area contributed by atoms with Gasteiger partial charge in [-0.25, -0.2) is 8.42 Å². The summed E-state index contributed by atoms with van der Waals surface area (Å²) in [7, 11) is -3.59. The van der Waals surface area contributed by atoms with E-state index in [9.17, 15) is 13.2 Å². The molecule has 0 saturated heterocycles. The Balaban J connectivity index is 1.97. The van der Waals surface area contributed by atoms with Crippen LogP contribution in [0.25, 0.3) is 0 Å². The van der Waals surface area contributed by atoms with Crippen LogP contribution in [0, 0.1) is 6.92 Å². The summed E-state index contributed by atoms with van der Waals surface area (Å²) in [5.41, 5.74) is 2.18. The number of nitrogens with zero attached hydrogens (tertiary/aromatic N) is 1. The van der Waals surface area contributed by atoms with Crippen LogP contribution in [0.2, 0.25) is 0 Å². The Morgan fingerprint density at radius 2 is 1.68 bits per heavy atom. The normalized spacial score (nSPS) is 11.4. The molecule has 0 unspecified atom stereocenters. The summed E-state index contributed by atoms with van der Waals surface area (Å²) in [5.74, 6) is -0.256. The summed E-state index contributed by atoms with van der Waals surface area (Å²) < 4.78 is 26.8. The number of rotatable bonds is 10. The molecule has 0 radical (unpaired) electrons. The summed E-state index contributed by atoms with van der Waals surface area (Å²) in [6, 6.07) is 14.6. The van der Waals surface area contributed by atoms with E-state index in [1.54, 1.807) is 32.9 Å². The second-order valence-corrected chi connectivity index (χ2v) is 8.41. The number of sulfonamides is 1. The van der Waals surface area contributed by atoms with Crippen LogP contribution in [0.4, 0.5) is 5.69 Å². The predicted octanol–water partition coefficient (Wildman–Crippen LogP) is 3.26. The van der Waals surface area contributed by atoms with Gasteiger partial charge < -0.3 is 10.6 Å². The van der Waals surface area contributed by atoms with Gasteiger partial charge in [-0.05, 0) is 43.2 Å². The van der Waals surface area contributed by atoms with Crippen LogP contribution in [0.1, 0.15) is 36.2 Å². The van der Waals surface area contributed by atoms with Gasteiger partial charge >= 0.3 is 0 Å². The summed E-state index contributed by atoms with van der Waals surface area (Å²) in [4.78, 5) is 12.7. The van der Waals surface area contributed by atoms with E-state index in [0.717, 1.165) is 24.2 Å². The number of benzene rings is 2. The van der Waals surface area contributed by atoms with Gasteiger partial charge in [0.15, 0.2) is 0 Å². The van der Waals surface area contributed by atoms with E-state index in [-0.39, 0.29) is 10.8 Å². The number of aryl methyl sites for hydroxylation is 1. The Bertz CT molecular complexity index is 879. The smallest absolute Gasteiger partial charge is 0.251 e. The lowest BCUT2D eigenvalue weighted by molar-refractivity contribution is 0.0952. The molecule has 6 nitrogen and oxygen atoms in total. The molecule has 0 aromatic heterocycles. The number of para-hydroxylation sites is 1. The lowest BCUT2D eigenvalue weighted by Crippen LogP contribution is -2.31. The summed E-state index contributed by atoms with van der Waals surface area (Å²) in [6.45, 7) is 7.43. The molecule has 0 atom stereocenters. The van der Waals surface area contributed by atoms with Crippen LogP contribution in [0.5, 0.6) is 0 Å². The van der Waals surface area contributed by atoms with E-state index in [1.807, 2.05) is 30.3 Å². The maximum atomic E-state index is 12.7. The van der Waals surface area contributed by atoms with E-state index in [4.69, 9.17) is 0 Å². The van der Waals surface area contributed by atoms with Gasteiger partial charge in [-0.2, -0.15) is 4.31 Å². The number of amides is 1. The lowest BCUT2D eigenvalue weighted by Gasteiger charge is -2.19. The van der Waals surface area contributed by atoms with Gasteiger partial charge in [-0.3, -0.25) is 4.79 Å². The molecule has 152 valence electrons. The van der Waals surface area contributed by atoms with Crippen molar-refractivity contribution in [1.29, 1.82) is 0 Å². The van der Waals surface area contributed by atoms with E-state index < -0.39 is 10.0 Å². The molecule has 28 heavy (non-hydrogen) atoms. The molecule has 0 aliphatic heterocycles. The Kier molecular flexibility index (Phi) is 8.02. The van der Waals surface area contributed by atoms with Gasteiger partial charge in [0.1, 0.15) is 0 Å². The van der Waals surface area contributed by atoms with Crippen molar-refractivity contribution in [2.75, 3.05) is 31.5 Å². The Labute approximate surface area is 168 Å². The number of nitrogens with one attached hydrogen (secondary N) is 2. The van der Waals surface area contributed by atoms with Crippen molar-refractivity contribution in [2.45, 2.75) is 32.1 Å². The van der Waals surface area contributed by atoms with Crippen LogP contribution in [-0.4, -0.2) is 44.8 Å². The topological polar surface area (TPSA) is 78.5 Å². The third-order valence-electron chi connectivity index (χ3n) is 4.54. The van der Waals surface area contributed by atoms with Gasteiger partial charge in [0, 0.05) is 37.4 Å². The summed E-state index contributed by atoms with van der Waals surface area (Å²) >= 11 is 0. The molecule has 1 amide bonds. The standard InChI is InChI=1S/C21H29N3O3S/c1-4-24(5-2)28(26,27)19-13-12-17(3)20(16-19)21(25)23-15-9-14-22-18-10-7-6-8-11-18/h6-8,10-13,16,22H,4-5,9,14-15H2,1-3H3,(H,23,25). The largest absolute Gasteiger partial charge is 0.385 e. The minimum Gasteiger partial charge on any atom is -0.385 e. The number of hydrogen-bond acceptors (Lipinski definition) is 4. The van der Waals surface area contributed by atoms with E-state index in [1.165, 1.54) is 10.4 Å². The first-order chi connectivity index (χ1) is 13.4. The van der Waals surface area contributed by atoms with Crippen molar-refractivity contribution in [3.8, 4) is 0 Å². The van der Waals surface area contributed by atoms with Crippen LogP contribution in [0.15, 0.2) is 53.4 Å². The second kappa shape index (κ2) is 10.2. The molecule has 0 aliphatic rings. The second-order valence-electron chi connectivity index (χ2n) is 6.47. The first-order valence-corrected chi connectivity index (χ1v) is 11.0. The zero-order chi connectivity index (χ0) is 20.6. The molecule has 2 N–H and O–H groups in total. The van der Waals surface area contributed by atoms with Crippen LogP contribution in [-0.2, 0) is 10.0 Å². The molecule has 2 rings (SSSR count). The molecule has 2 aromatic rings. The van der Waals surface area contributed by atoms with Gasteiger partial charge in [-0.1, -0.05) is 38.1 Å². The number of hydrogen-bond donors (Lipinski definition) is 2. The average Bonchev–Trinajstić information content (AvgIpc) is 2.69. The minimum atomic E-state index is -3.59. The molecule has 0 heterocycles. The monoisotopic (exact) mass is 403 g/mol. The highest BCUT2D eigenvalue weighted by atomic mass is 32.2. The van der Waals surface area contributed by atoms with Gasteiger partial charge in [0.05, 0.1) is 4.90 Å². The molecule has 7 heteroatoms. The predicted molar refractivity (Wildman–Crippen MR) is 113 cm³/mol. The fourth-order valence-electron chi connectivity index (χ4n) is 2.89. The zero-order valence-corrected chi connectivity index (χ0v) is 17.6. The van der Waals surface area contributed by atoms with Gasteiger partial charge in [0.2, 0.25) is 10.0 Å². The third kappa shape index (κ3) is 5.56. The van der Waals surface area contributed by atoms with E-state index in [0.29, 0.717) is 25.2 Å². The average molecular weight is 404 g/mol. The Morgan fingerprint density at radius 3 is 2.32 bits per heavy atom. The molecule has 0 fully saturated rings. The lowest BCUT2D eigenvalue weighted by atomic mass is 10.1. The third-order valence-corrected chi connectivity index (χ3v) is 6.58. The SMILES string of the molecule is CCN(CC)S(=O)(=O)c1ccc(C)c(C(=O)NCCCNc2ccccc2)c1. The van der Waals surface area contributed by atoms with Crippen molar-refractivity contribution in [2.24, 2.45) is 0 Å². The van der Waals surface area contributed by atoms with E-state index in [2.05, 4.69) is 10.6 Å². The Morgan fingerprint density at radius 1 is 1.00 bits per heavy atom. The van der Waals surface area contributed by atoms with Crippen LogP contribution in [0.3, 0.4) is 0 Å². The molecular weight excluding hydrogens is 374 g/mol. The van der Waals surface area contributed by atoms with Gasteiger partial charge in [-0.15, -0.1) is 0 Å². The fourth-order valence-corrected chi connectivity index (χ4v) is 4.38. The van der Waals surface area contributed by atoms with Gasteiger partial charge in [0.25, 0.3) is 5.91 Å². The molecule has 0 bridgehead atoms. The number of carbonyl (C=O) groups is 1. The molecule has 2 aromatic carbocycles. The maximum absolute atomic E-state index is 12.7. The highest BCUT2D eigenvalue weighted by Gasteiger charge is 2.23. The zero-order valence-electron chi connectivity index (χ0n) is 16.7. The number of anilines is 1. The highest BCUT2D eigenvalue weighted by molar-refractivity contribution is 7.89. The maximum Gasteiger partial charge on any atom is 0.251 e. The highest BCUT2D eigenvalue weighted by Crippen LogP contribution is 2.19. The fraction of sp³-hybridized carbons (Fsp3) is 0.381. The molecular formula is C21H29N3O3S. The summed E-state index contributed by atoms with van der Waals surface area (Å²) in [5, 5.41) is 6.16. The quantitative estimate of drug-likeness (QED) is 0.597. The molecule has 0 aliphatic carbocycles. The molecule has 0 spiro atoms. The Hall–Kier alpha value is -2.38. The minimum absolute atomic E-state index is 0.151. The van der Waals surface area contributed by atoms with Crippen molar-refractivity contribution in [3.63, 3.8) is 0 Å². The summed E-state index contributed by atoms with van der Waals surface area (Å²) in [6.07, 6.45) is 0.761. The van der Waals surface area contributed by atoms with Crippen molar-refractivity contribution >= 4 is 21.6 Å². The molecule has 0 saturated carbocycles. The van der Waals surface area contributed by atoms with Crippen molar-refractivity contribution in [1.82, 2.24) is 9.62 Å². The first kappa shape index (κ1) is 21.9. The van der Waals surface area contributed by atoms with Crippen LogP contribution < -0.4 is 10.6 Å². The van der Waals surface area contributed by atoms with Crippen molar-refractivity contribution < 1.29 is 13.2 Å². The van der Waals surface area contributed by atoms with Crippen LogP contribution >= 0.6 is 0 Å². The van der Waals surface area contributed by atoms with E-state index >= 15 is 0 Å². The first-order valence-electron chi connectivity index (χ1n) is 9.58.